The molecule has 0 saturated heterocycles. The topological polar surface area (TPSA) is 58.2 Å². The third kappa shape index (κ3) is 8.40. The predicted molar refractivity (Wildman–Crippen MR) is 126 cm³/mol. The quantitative estimate of drug-likeness (QED) is 0.411. The minimum atomic E-state index is 0.0845. The molecule has 4 heteroatoms. The minimum Gasteiger partial charge on any atom is -0.326 e. The van der Waals surface area contributed by atoms with Gasteiger partial charge in [-0.1, -0.05) is 37.8 Å². The van der Waals surface area contributed by atoms with Gasteiger partial charge in [-0.3, -0.25) is 9.59 Å². The van der Waals surface area contributed by atoms with Gasteiger partial charge in [0.25, 0.3) is 0 Å². The van der Waals surface area contributed by atoms with Crippen LogP contribution in [0.25, 0.3) is 0 Å². The SMILES string of the molecule is Cc1ccc(NC(=O)CCCCCCCCC(=O)Nc2ccc(C)c(C)c2)cc1C. The molecule has 0 heterocycles. The second-order valence-electron chi connectivity index (χ2n) is 8.32. The summed E-state index contributed by atoms with van der Waals surface area (Å²) in [6.45, 7) is 8.24. The molecule has 30 heavy (non-hydrogen) atoms. The molecule has 0 unspecified atom stereocenters. The first kappa shape index (κ1) is 23.7. The third-order valence-corrected chi connectivity index (χ3v) is 5.64. The number of amides is 2. The van der Waals surface area contributed by atoms with E-state index in [-0.39, 0.29) is 11.8 Å². The first-order chi connectivity index (χ1) is 14.3. The molecule has 0 aliphatic rings. The van der Waals surface area contributed by atoms with Gasteiger partial charge in [-0.05, 0) is 87.1 Å². The van der Waals surface area contributed by atoms with Crippen LogP contribution in [0.2, 0.25) is 0 Å². The fourth-order valence-corrected chi connectivity index (χ4v) is 3.36. The molecule has 0 radical (unpaired) electrons. The maximum atomic E-state index is 12.1. The highest BCUT2D eigenvalue weighted by molar-refractivity contribution is 5.91. The number of rotatable bonds is 11. The fourth-order valence-electron chi connectivity index (χ4n) is 3.36. The van der Waals surface area contributed by atoms with Gasteiger partial charge in [-0.2, -0.15) is 0 Å². The Bertz CT molecular complexity index is 787. The summed E-state index contributed by atoms with van der Waals surface area (Å²) in [5.41, 5.74) is 6.60. The fraction of sp³-hybridized carbons (Fsp3) is 0.462. The molecule has 0 atom stereocenters. The normalized spacial score (nSPS) is 10.7. The summed E-state index contributed by atoms with van der Waals surface area (Å²) in [5, 5.41) is 5.95. The minimum absolute atomic E-state index is 0.0845. The van der Waals surface area contributed by atoms with E-state index in [9.17, 15) is 9.59 Å². The van der Waals surface area contributed by atoms with Crippen molar-refractivity contribution in [2.24, 2.45) is 0 Å². The van der Waals surface area contributed by atoms with Crippen LogP contribution in [0.3, 0.4) is 0 Å². The molecule has 2 N–H and O–H groups in total. The number of nitrogens with one attached hydrogen (secondary N) is 2. The second kappa shape index (κ2) is 12.2. The number of carbonyl (C=O) groups is 2. The highest BCUT2D eigenvalue weighted by Crippen LogP contribution is 2.16. The van der Waals surface area contributed by atoms with E-state index in [0.717, 1.165) is 49.9 Å². The van der Waals surface area contributed by atoms with E-state index < -0.39 is 0 Å². The second-order valence-corrected chi connectivity index (χ2v) is 8.32. The largest absolute Gasteiger partial charge is 0.326 e. The van der Waals surface area contributed by atoms with Crippen LogP contribution in [0.1, 0.15) is 73.6 Å². The molecule has 0 fully saturated rings. The van der Waals surface area contributed by atoms with Gasteiger partial charge < -0.3 is 10.6 Å². The van der Waals surface area contributed by atoms with Gasteiger partial charge >= 0.3 is 0 Å². The lowest BCUT2D eigenvalue weighted by Gasteiger charge is -2.08. The Morgan fingerprint density at radius 2 is 0.933 bits per heavy atom. The van der Waals surface area contributed by atoms with Gasteiger partial charge in [-0.15, -0.1) is 0 Å². The Morgan fingerprint density at radius 1 is 0.567 bits per heavy atom. The number of aryl methyl sites for hydroxylation is 4. The molecule has 4 nitrogen and oxygen atoms in total. The van der Waals surface area contributed by atoms with Crippen molar-refractivity contribution >= 4 is 23.2 Å². The lowest BCUT2D eigenvalue weighted by molar-refractivity contribution is -0.117. The zero-order valence-electron chi connectivity index (χ0n) is 18.9. The van der Waals surface area contributed by atoms with Crippen LogP contribution in [0, 0.1) is 27.7 Å². The molecule has 162 valence electrons. The van der Waals surface area contributed by atoms with Crippen LogP contribution >= 0.6 is 0 Å². The molecule has 0 bridgehead atoms. The lowest BCUT2D eigenvalue weighted by atomic mass is 10.1. The molecule has 0 spiro atoms. The highest BCUT2D eigenvalue weighted by Gasteiger charge is 2.05. The van der Waals surface area contributed by atoms with E-state index in [2.05, 4.69) is 38.3 Å². The summed E-state index contributed by atoms with van der Waals surface area (Å²) in [6.07, 6.45) is 7.25. The lowest BCUT2D eigenvalue weighted by Crippen LogP contribution is -2.11. The summed E-state index contributed by atoms with van der Waals surface area (Å²) in [6, 6.07) is 12.0. The van der Waals surface area contributed by atoms with Gasteiger partial charge in [0.15, 0.2) is 0 Å². The van der Waals surface area contributed by atoms with Crippen molar-refractivity contribution in [1.82, 2.24) is 0 Å². The van der Waals surface area contributed by atoms with E-state index in [0.29, 0.717) is 12.8 Å². The predicted octanol–water partition coefficient (Wildman–Crippen LogP) is 6.62. The van der Waals surface area contributed by atoms with E-state index in [4.69, 9.17) is 0 Å². The van der Waals surface area contributed by atoms with Crippen LogP contribution in [0.4, 0.5) is 11.4 Å². The summed E-state index contributed by atoms with van der Waals surface area (Å²) in [7, 11) is 0. The number of anilines is 2. The highest BCUT2D eigenvalue weighted by atomic mass is 16.2. The third-order valence-electron chi connectivity index (χ3n) is 5.64. The number of unbranched alkanes of at least 4 members (excludes halogenated alkanes) is 5. The molecule has 2 aromatic carbocycles. The molecule has 0 aliphatic carbocycles. The number of benzene rings is 2. The molecule has 0 aromatic heterocycles. The standard InChI is InChI=1S/C26H36N2O2/c1-19-13-15-23(17-21(19)3)27-25(29)11-9-7-5-6-8-10-12-26(30)28-24-16-14-20(2)22(4)18-24/h13-18H,5-12H2,1-4H3,(H,27,29)(H,28,30). The van der Waals surface area contributed by atoms with Crippen LogP contribution in [-0.4, -0.2) is 11.8 Å². The van der Waals surface area contributed by atoms with Crippen molar-refractivity contribution in [3.05, 3.63) is 58.7 Å². The number of carbonyl (C=O) groups excluding carboxylic acids is 2. The van der Waals surface area contributed by atoms with Gasteiger partial charge in [0.2, 0.25) is 11.8 Å². The van der Waals surface area contributed by atoms with E-state index in [1.807, 2.05) is 36.4 Å². The average molecular weight is 409 g/mol. The van der Waals surface area contributed by atoms with Crippen molar-refractivity contribution in [2.75, 3.05) is 10.6 Å². The Kier molecular flexibility index (Phi) is 9.59. The molecule has 2 aromatic rings. The first-order valence-corrected chi connectivity index (χ1v) is 11.1. The molecule has 2 amide bonds. The van der Waals surface area contributed by atoms with E-state index in [1.165, 1.54) is 22.3 Å². The summed E-state index contributed by atoms with van der Waals surface area (Å²) < 4.78 is 0. The average Bonchev–Trinajstić information content (AvgIpc) is 2.69. The van der Waals surface area contributed by atoms with Gasteiger partial charge in [-0.25, -0.2) is 0 Å². The number of hydrogen-bond acceptors (Lipinski definition) is 2. The molecular formula is C26H36N2O2. The Hall–Kier alpha value is -2.62. The zero-order valence-corrected chi connectivity index (χ0v) is 18.9. The maximum absolute atomic E-state index is 12.1. The van der Waals surface area contributed by atoms with Crippen molar-refractivity contribution < 1.29 is 9.59 Å². The monoisotopic (exact) mass is 408 g/mol. The summed E-state index contributed by atoms with van der Waals surface area (Å²) in [4.78, 5) is 24.1. The molecule has 2 rings (SSSR count). The van der Waals surface area contributed by atoms with E-state index >= 15 is 0 Å². The summed E-state index contributed by atoms with van der Waals surface area (Å²) >= 11 is 0. The van der Waals surface area contributed by atoms with Gasteiger partial charge in [0.1, 0.15) is 0 Å². The van der Waals surface area contributed by atoms with Gasteiger partial charge in [0, 0.05) is 24.2 Å². The zero-order chi connectivity index (χ0) is 21.9. The Balaban J connectivity index is 1.50. The van der Waals surface area contributed by atoms with Gasteiger partial charge in [0.05, 0.1) is 0 Å². The van der Waals surface area contributed by atoms with Crippen molar-refractivity contribution in [3.8, 4) is 0 Å². The van der Waals surface area contributed by atoms with Crippen molar-refractivity contribution in [2.45, 2.75) is 79.1 Å². The Morgan fingerprint density at radius 3 is 1.30 bits per heavy atom. The van der Waals surface area contributed by atoms with Crippen LogP contribution in [0.15, 0.2) is 36.4 Å². The van der Waals surface area contributed by atoms with Crippen LogP contribution in [-0.2, 0) is 9.59 Å². The molecule has 0 aliphatic heterocycles. The molecule has 0 saturated carbocycles. The first-order valence-electron chi connectivity index (χ1n) is 11.1. The Labute approximate surface area is 181 Å². The summed E-state index contributed by atoms with van der Waals surface area (Å²) in [5.74, 6) is 0.169. The van der Waals surface area contributed by atoms with Crippen LogP contribution < -0.4 is 10.6 Å². The van der Waals surface area contributed by atoms with Crippen LogP contribution in [0.5, 0.6) is 0 Å². The maximum Gasteiger partial charge on any atom is 0.224 e. The smallest absolute Gasteiger partial charge is 0.224 e. The van der Waals surface area contributed by atoms with E-state index in [1.54, 1.807) is 0 Å². The van der Waals surface area contributed by atoms with Crippen molar-refractivity contribution in [1.29, 1.82) is 0 Å². The number of hydrogen-bond donors (Lipinski definition) is 2. The van der Waals surface area contributed by atoms with Crippen molar-refractivity contribution in [3.63, 3.8) is 0 Å². The molecular weight excluding hydrogens is 372 g/mol.